The second-order valence-corrected chi connectivity index (χ2v) is 4.74. The van der Waals surface area contributed by atoms with Gasteiger partial charge in [0.05, 0.1) is 6.61 Å². The van der Waals surface area contributed by atoms with Crippen molar-refractivity contribution in [3.8, 4) is 5.75 Å². The Balaban J connectivity index is 2.02. The Morgan fingerprint density at radius 3 is 2.29 bits per heavy atom. The Morgan fingerprint density at radius 1 is 1.05 bits per heavy atom. The Kier molecular flexibility index (Phi) is 5.29. The smallest absolute Gasteiger partial charge is 0.193 e. The first-order valence-corrected chi connectivity index (χ1v) is 6.80. The van der Waals surface area contributed by atoms with Crippen molar-refractivity contribution < 1.29 is 14.6 Å². The number of hydrogen-bond acceptors (Lipinski definition) is 3. The molecule has 0 saturated heterocycles. The van der Waals surface area contributed by atoms with Gasteiger partial charge in [0.2, 0.25) is 0 Å². The highest BCUT2D eigenvalue weighted by molar-refractivity contribution is 6.08. The molecule has 0 bridgehead atoms. The molecular formula is C18H18O3. The lowest BCUT2D eigenvalue weighted by molar-refractivity contribution is 0.103. The minimum absolute atomic E-state index is 0.00138. The Labute approximate surface area is 124 Å². The molecule has 2 aromatic rings. The highest BCUT2D eigenvalue weighted by atomic mass is 16.5. The predicted molar refractivity (Wildman–Crippen MR) is 82.7 cm³/mol. The number of ether oxygens (including phenoxy) is 1. The molecule has 2 rings (SSSR count). The van der Waals surface area contributed by atoms with Crippen LogP contribution in [-0.2, 0) is 0 Å². The van der Waals surface area contributed by atoms with E-state index in [-0.39, 0.29) is 12.4 Å². The number of benzene rings is 2. The molecule has 0 heterocycles. The first-order chi connectivity index (χ1) is 10.2. The molecule has 0 aliphatic rings. The van der Waals surface area contributed by atoms with Gasteiger partial charge in [-0.15, -0.1) is 0 Å². The zero-order valence-electron chi connectivity index (χ0n) is 12.0. The van der Waals surface area contributed by atoms with Gasteiger partial charge in [-0.3, -0.25) is 4.79 Å². The monoisotopic (exact) mass is 282 g/mol. The molecule has 0 atom stereocenters. The summed E-state index contributed by atoms with van der Waals surface area (Å²) in [5.74, 6) is 0.698. The normalized spacial score (nSPS) is 11.2. The molecule has 108 valence electrons. The van der Waals surface area contributed by atoms with Crippen LogP contribution in [-0.4, -0.2) is 24.1 Å². The quantitative estimate of drug-likeness (QED) is 0.653. The lowest BCUT2D eigenvalue weighted by Gasteiger charge is -2.07. The number of aliphatic hydroxyl groups excluding tert-OH is 1. The van der Waals surface area contributed by atoms with Gasteiger partial charge in [-0.05, 0) is 36.8 Å². The van der Waals surface area contributed by atoms with Crippen LogP contribution in [0.2, 0.25) is 0 Å². The van der Waals surface area contributed by atoms with Gasteiger partial charge < -0.3 is 9.84 Å². The van der Waals surface area contributed by atoms with Gasteiger partial charge in [-0.2, -0.15) is 0 Å². The van der Waals surface area contributed by atoms with Crippen LogP contribution >= 0.6 is 0 Å². The van der Waals surface area contributed by atoms with Crippen LogP contribution in [0.3, 0.4) is 0 Å². The van der Waals surface area contributed by atoms with E-state index >= 15 is 0 Å². The maximum absolute atomic E-state index is 12.2. The van der Waals surface area contributed by atoms with Crippen LogP contribution in [0.5, 0.6) is 5.75 Å². The van der Waals surface area contributed by atoms with Crippen molar-refractivity contribution >= 4 is 5.78 Å². The third kappa shape index (κ3) is 4.29. The van der Waals surface area contributed by atoms with Crippen molar-refractivity contribution in [2.75, 3.05) is 13.2 Å². The van der Waals surface area contributed by atoms with E-state index in [0.29, 0.717) is 23.5 Å². The molecule has 21 heavy (non-hydrogen) atoms. The van der Waals surface area contributed by atoms with Gasteiger partial charge in [0.1, 0.15) is 12.4 Å². The van der Waals surface area contributed by atoms with Crippen LogP contribution in [0.4, 0.5) is 0 Å². The van der Waals surface area contributed by atoms with E-state index in [0.717, 1.165) is 5.57 Å². The molecule has 0 amide bonds. The van der Waals surface area contributed by atoms with Crippen LogP contribution in [0.15, 0.2) is 66.2 Å². The van der Waals surface area contributed by atoms with Gasteiger partial charge in [-0.25, -0.2) is 0 Å². The van der Waals surface area contributed by atoms with Crippen LogP contribution < -0.4 is 4.74 Å². The summed E-state index contributed by atoms with van der Waals surface area (Å²) in [6, 6.07) is 16.3. The minimum atomic E-state index is -0.00138. The molecule has 0 fully saturated rings. The van der Waals surface area contributed by atoms with Crippen LogP contribution in [0.1, 0.15) is 22.8 Å². The fourth-order valence-corrected chi connectivity index (χ4v) is 1.87. The molecule has 0 aliphatic carbocycles. The molecule has 3 heteroatoms. The number of aliphatic hydroxyl groups is 1. The Morgan fingerprint density at radius 2 is 1.67 bits per heavy atom. The van der Waals surface area contributed by atoms with Crippen molar-refractivity contribution in [3.05, 3.63) is 77.4 Å². The molecular weight excluding hydrogens is 264 g/mol. The standard InChI is InChI=1S/C18H18O3/c1-14(11-12-19)13-21-17-9-7-16(8-10-17)18(20)15-5-3-2-4-6-15/h2-11,19H,12-13H2,1H3/b14-11+. The fourth-order valence-electron chi connectivity index (χ4n) is 1.87. The van der Waals surface area contributed by atoms with Crippen LogP contribution in [0, 0.1) is 0 Å². The molecule has 0 radical (unpaired) electrons. The van der Waals surface area contributed by atoms with Crippen molar-refractivity contribution in [3.63, 3.8) is 0 Å². The summed E-state index contributed by atoms with van der Waals surface area (Å²) in [5.41, 5.74) is 2.27. The summed E-state index contributed by atoms with van der Waals surface area (Å²) >= 11 is 0. The lowest BCUT2D eigenvalue weighted by Crippen LogP contribution is -2.02. The first-order valence-electron chi connectivity index (χ1n) is 6.80. The minimum Gasteiger partial charge on any atom is -0.489 e. The van der Waals surface area contributed by atoms with E-state index < -0.39 is 0 Å². The first kappa shape index (κ1) is 15.0. The summed E-state index contributed by atoms with van der Waals surface area (Å²) in [5, 5.41) is 8.77. The highest BCUT2D eigenvalue weighted by Crippen LogP contribution is 2.16. The molecule has 3 nitrogen and oxygen atoms in total. The number of carbonyl (C=O) groups excluding carboxylic acids is 1. The number of carbonyl (C=O) groups is 1. The highest BCUT2D eigenvalue weighted by Gasteiger charge is 2.08. The molecule has 0 spiro atoms. The van der Waals surface area contributed by atoms with Gasteiger partial charge in [0.15, 0.2) is 5.78 Å². The summed E-state index contributed by atoms with van der Waals surface area (Å²) < 4.78 is 5.57. The lowest BCUT2D eigenvalue weighted by atomic mass is 10.0. The molecule has 0 unspecified atom stereocenters. The van der Waals surface area contributed by atoms with Crippen molar-refractivity contribution in [2.24, 2.45) is 0 Å². The SMILES string of the molecule is C/C(=C\CO)COc1ccc(C(=O)c2ccccc2)cc1. The van der Waals surface area contributed by atoms with Gasteiger partial charge in [0.25, 0.3) is 0 Å². The van der Waals surface area contributed by atoms with Gasteiger partial charge in [0, 0.05) is 11.1 Å². The number of ketones is 1. The second kappa shape index (κ2) is 7.41. The maximum atomic E-state index is 12.2. The zero-order valence-corrected chi connectivity index (χ0v) is 12.0. The molecule has 0 aliphatic heterocycles. The summed E-state index contributed by atoms with van der Waals surface area (Å²) in [4.78, 5) is 12.2. The third-order valence-electron chi connectivity index (χ3n) is 3.06. The molecule has 2 aromatic carbocycles. The van der Waals surface area contributed by atoms with Crippen LogP contribution in [0.25, 0.3) is 0 Å². The van der Waals surface area contributed by atoms with Crippen molar-refractivity contribution in [2.45, 2.75) is 6.92 Å². The van der Waals surface area contributed by atoms with Gasteiger partial charge >= 0.3 is 0 Å². The fraction of sp³-hybridized carbons (Fsp3) is 0.167. The average molecular weight is 282 g/mol. The van der Waals surface area contributed by atoms with E-state index in [4.69, 9.17) is 9.84 Å². The van der Waals surface area contributed by atoms with E-state index in [1.807, 2.05) is 25.1 Å². The Bertz CT molecular complexity index is 613. The summed E-state index contributed by atoms with van der Waals surface area (Å²) in [6.45, 7) is 2.33. The zero-order chi connectivity index (χ0) is 15.1. The molecule has 0 saturated carbocycles. The molecule has 1 N–H and O–H groups in total. The summed E-state index contributed by atoms with van der Waals surface area (Å²) in [6.07, 6.45) is 1.70. The van der Waals surface area contributed by atoms with E-state index in [2.05, 4.69) is 0 Å². The predicted octanol–water partition coefficient (Wildman–Crippen LogP) is 3.24. The number of rotatable bonds is 6. The van der Waals surface area contributed by atoms with Crippen molar-refractivity contribution in [1.82, 2.24) is 0 Å². The number of hydrogen-bond donors (Lipinski definition) is 1. The third-order valence-corrected chi connectivity index (χ3v) is 3.06. The topological polar surface area (TPSA) is 46.5 Å². The van der Waals surface area contributed by atoms with Gasteiger partial charge in [-0.1, -0.05) is 36.4 Å². The largest absolute Gasteiger partial charge is 0.489 e. The average Bonchev–Trinajstić information content (AvgIpc) is 2.54. The summed E-state index contributed by atoms with van der Waals surface area (Å²) in [7, 11) is 0. The van der Waals surface area contributed by atoms with E-state index in [1.165, 1.54) is 0 Å². The molecule has 0 aromatic heterocycles. The second-order valence-electron chi connectivity index (χ2n) is 4.74. The maximum Gasteiger partial charge on any atom is 0.193 e. The van der Waals surface area contributed by atoms with Crippen molar-refractivity contribution in [1.29, 1.82) is 0 Å². The Hall–Kier alpha value is -2.39. The van der Waals surface area contributed by atoms with E-state index in [9.17, 15) is 4.79 Å². The van der Waals surface area contributed by atoms with E-state index in [1.54, 1.807) is 42.5 Å².